The van der Waals surface area contributed by atoms with Crippen LogP contribution in [-0.2, 0) is 9.59 Å². The summed E-state index contributed by atoms with van der Waals surface area (Å²) in [4.78, 5) is 27.3. The molecule has 0 saturated carbocycles. The molecule has 1 aliphatic rings. The minimum Gasteiger partial charge on any atom is -0.457 e. The molecule has 1 aromatic heterocycles. The number of rotatable bonds is 3. The van der Waals surface area contributed by atoms with Crippen molar-refractivity contribution < 1.29 is 18.4 Å². The molecular formula is C17H13FN2O3S. The zero-order chi connectivity index (χ0) is 17.1. The molecule has 0 aliphatic carbocycles. The van der Waals surface area contributed by atoms with E-state index in [-0.39, 0.29) is 16.9 Å². The molecule has 5 nitrogen and oxygen atoms in total. The topological polar surface area (TPSA) is 71.7 Å². The van der Waals surface area contributed by atoms with Gasteiger partial charge in [-0.2, -0.15) is 4.99 Å². The van der Waals surface area contributed by atoms with Gasteiger partial charge in [-0.3, -0.25) is 9.59 Å². The second kappa shape index (κ2) is 6.84. The monoisotopic (exact) mass is 344 g/mol. The van der Waals surface area contributed by atoms with Gasteiger partial charge in [-0.05, 0) is 36.0 Å². The van der Waals surface area contributed by atoms with Crippen molar-refractivity contribution in [2.75, 3.05) is 0 Å². The van der Waals surface area contributed by atoms with Crippen LogP contribution in [0.2, 0.25) is 0 Å². The number of amides is 2. The Labute approximate surface area is 141 Å². The smallest absolute Gasteiger partial charge is 0.286 e. The summed E-state index contributed by atoms with van der Waals surface area (Å²) in [6.07, 6.45) is 1.82. The number of hydrogen-bond acceptors (Lipinski definition) is 4. The van der Waals surface area contributed by atoms with E-state index in [2.05, 4.69) is 10.3 Å². The quantitative estimate of drug-likeness (QED) is 0.864. The Morgan fingerprint density at radius 2 is 2.12 bits per heavy atom. The van der Waals surface area contributed by atoms with Crippen molar-refractivity contribution in [3.05, 3.63) is 52.9 Å². The Morgan fingerprint density at radius 3 is 2.88 bits per heavy atom. The SMILES string of the molecule is CCC(=O)NC1=NC(=O)/C(=C/c2ccc(-c3ccccc3F)o2)S1. The van der Waals surface area contributed by atoms with Crippen LogP contribution in [0.15, 0.2) is 50.7 Å². The third-order valence-corrected chi connectivity index (χ3v) is 4.13. The molecule has 2 amide bonds. The average molecular weight is 344 g/mol. The summed E-state index contributed by atoms with van der Waals surface area (Å²) in [5.41, 5.74) is 0.347. The maximum absolute atomic E-state index is 13.8. The van der Waals surface area contributed by atoms with Gasteiger partial charge in [-0.15, -0.1) is 0 Å². The second-order valence-corrected chi connectivity index (χ2v) is 5.95. The fourth-order valence-corrected chi connectivity index (χ4v) is 2.85. The zero-order valence-corrected chi connectivity index (χ0v) is 13.5. The molecule has 0 unspecified atom stereocenters. The van der Waals surface area contributed by atoms with Crippen LogP contribution in [0.3, 0.4) is 0 Å². The summed E-state index contributed by atoms with van der Waals surface area (Å²) in [6, 6.07) is 9.56. The first-order valence-electron chi connectivity index (χ1n) is 7.24. The molecule has 0 fully saturated rings. The number of aliphatic imine (C=N–C) groups is 1. The van der Waals surface area contributed by atoms with E-state index in [0.717, 1.165) is 11.8 Å². The molecule has 24 heavy (non-hydrogen) atoms. The Hall–Kier alpha value is -2.67. The van der Waals surface area contributed by atoms with Crippen molar-refractivity contribution in [1.29, 1.82) is 0 Å². The third-order valence-electron chi connectivity index (χ3n) is 3.23. The number of amidine groups is 1. The van der Waals surface area contributed by atoms with Crippen molar-refractivity contribution in [2.45, 2.75) is 13.3 Å². The molecule has 122 valence electrons. The van der Waals surface area contributed by atoms with Crippen LogP contribution in [0, 0.1) is 5.82 Å². The molecule has 0 saturated heterocycles. The Kier molecular flexibility index (Phi) is 4.61. The number of halogens is 1. The van der Waals surface area contributed by atoms with E-state index in [0.29, 0.717) is 28.4 Å². The van der Waals surface area contributed by atoms with Crippen molar-refractivity contribution >= 4 is 34.8 Å². The highest BCUT2D eigenvalue weighted by Crippen LogP contribution is 2.30. The molecule has 1 N–H and O–H groups in total. The maximum atomic E-state index is 13.8. The number of nitrogens with zero attached hydrogens (tertiary/aromatic N) is 1. The van der Waals surface area contributed by atoms with Crippen LogP contribution in [0.1, 0.15) is 19.1 Å². The Bertz CT molecular complexity index is 870. The second-order valence-electron chi connectivity index (χ2n) is 4.92. The van der Waals surface area contributed by atoms with Gasteiger partial charge in [0.25, 0.3) is 5.91 Å². The normalized spacial score (nSPS) is 15.7. The lowest BCUT2D eigenvalue weighted by molar-refractivity contribution is -0.119. The third kappa shape index (κ3) is 3.46. The van der Waals surface area contributed by atoms with E-state index in [9.17, 15) is 14.0 Å². The maximum Gasteiger partial charge on any atom is 0.286 e. The molecule has 0 bridgehead atoms. The van der Waals surface area contributed by atoms with Crippen LogP contribution >= 0.6 is 11.8 Å². The van der Waals surface area contributed by atoms with Gasteiger partial charge in [0.15, 0.2) is 5.17 Å². The summed E-state index contributed by atoms with van der Waals surface area (Å²) in [7, 11) is 0. The molecule has 0 atom stereocenters. The van der Waals surface area contributed by atoms with E-state index in [1.165, 1.54) is 12.1 Å². The van der Waals surface area contributed by atoms with Crippen LogP contribution in [0.5, 0.6) is 0 Å². The number of benzene rings is 1. The summed E-state index contributed by atoms with van der Waals surface area (Å²) in [6.45, 7) is 1.71. The number of thioether (sulfide) groups is 1. The minimum atomic E-state index is -0.449. The fourth-order valence-electron chi connectivity index (χ4n) is 2.04. The predicted octanol–water partition coefficient (Wildman–Crippen LogP) is 3.58. The van der Waals surface area contributed by atoms with Crippen LogP contribution in [-0.4, -0.2) is 17.0 Å². The average Bonchev–Trinajstić information content (AvgIpc) is 3.15. The first-order chi connectivity index (χ1) is 11.6. The molecular weight excluding hydrogens is 331 g/mol. The Morgan fingerprint density at radius 1 is 1.33 bits per heavy atom. The summed E-state index contributed by atoms with van der Waals surface area (Å²) in [5, 5.41) is 2.79. The van der Waals surface area contributed by atoms with Crippen LogP contribution < -0.4 is 5.32 Å². The van der Waals surface area contributed by atoms with E-state index in [1.807, 2.05) is 0 Å². The molecule has 2 aromatic rings. The number of carbonyl (C=O) groups excluding carboxylic acids is 2. The molecule has 1 aromatic carbocycles. The van der Waals surface area contributed by atoms with Crippen LogP contribution in [0.25, 0.3) is 17.4 Å². The number of carbonyl (C=O) groups is 2. The van der Waals surface area contributed by atoms with Crippen molar-refractivity contribution in [3.8, 4) is 11.3 Å². The first kappa shape index (κ1) is 16.2. The number of furan rings is 1. The summed E-state index contributed by atoms with van der Waals surface area (Å²) in [5.74, 6) is -0.270. The highest BCUT2D eigenvalue weighted by atomic mass is 32.2. The summed E-state index contributed by atoms with van der Waals surface area (Å²) >= 11 is 1.06. The van der Waals surface area contributed by atoms with E-state index in [4.69, 9.17) is 4.42 Å². The first-order valence-corrected chi connectivity index (χ1v) is 8.05. The van der Waals surface area contributed by atoms with Gasteiger partial charge in [0.05, 0.1) is 10.5 Å². The van der Waals surface area contributed by atoms with E-state index >= 15 is 0 Å². The van der Waals surface area contributed by atoms with Crippen molar-refractivity contribution in [3.63, 3.8) is 0 Å². The van der Waals surface area contributed by atoms with Gasteiger partial charge in [0.1, 0.15) is 17.3 Å². The zero-order valence-electron chi connectivity index (χ0n) is 12.7. The van der Waals surface area contributed by atoms with Gasteiger partial charge < -0.3 is 9.73 Å². The molecule has 1 aliphatic heterocycles. The lowest BCUT2D eigenvalue weighted by atomic mass is 10.1. The number of hydrogen-bond donors (Lipinski definition) is 1. The lowest BCUT2D eigenvalue weighted by Gasteiger charge is -1.99. The molecule has 3 rings (SSSR count). The minimum absolute atomic E-state index is 0.213. The highest BCUT2D eigenvalue weighted by Gasteiger charge is 2.23. The number of nitrogens with one attached hydrogen (secondary N) is 1. The largest absolute Gasteiger partial charge is 0.457 e. The van der Waals surface area contributed by atoms with Crippen LogP contribution in [0.4, 0.5) is 4.39 Å². The van der Waals surface area contributed by atoms with E-state index in [1.54, 1.807) is 37.3 Å². The molecule has 0 spiro atoms. The van der Waals surface area contributed by atoms with Gasteiger partial charge in [-0.1, -0.05) is 19.1 Å². The highest BCUT2D eigenvalue weighted by molar-refractivity contribution is 8.18. The summed E-state index contributed by atoms with van der Waals surface area (Å²) < 4.78 is 19.3. The van der Waals surface area contributed by atoms with Gasteiger partial charge in [-0.25, -0.2) is 4.39 Å². The lowest BCUT2D eigenvalue weighted by Crippen LogP contribution is -2.26. The van der Waals surface area contributed by atoms with Crippen molar-refractivity contribution in [2.24, 2.45) is 4.99 Å². The van der Waals surface area contributed by atoms with Gasteiger partial charge in [0, 0.05) is 12.5 Å². The van der Waals surface area contributed by atoms with Gasteiger partial charge >= 0.3 is 0 Å². The molecule has 2 heterocycles. The standard InChI is InChI=1S/C17H13FN2O3S/c1-2-15(21)19-17-20-16(22)14(24-17)9-10-7-8-13(23-10)11-5-3-4-6-12(11)18/h3-9H,2H2,1H3,(H,19,20,21,22)/b14-9-. The van der Waals surface area contributed by atoms with Crippen molar-refractivity contribution in [1.82, 2.24) is 5.32 Å². The van der Waals surface area contributed by atoms with Gasteiger partial charge in [0.2, 0.25) is 5.91 Å². The molecule has 0 radical (unpaired) electrons. The van der Waals surface area contributed by atoms with E-state index < -0.39 is 5.91 Å². The predicted molar refractivity (Wildman–Crippen MR) is 90.5 cm³/mol. The molecule has 7 heteroatoms. The fraction of sp³-hybridized carbons (Fsp3) is 0.118. The Balaban J connectivity index is 1.78.